The maximum atomic E-state index is 12.1. The minimum Gasteiger partial charge on any atom is -0.435 e. The molecule has 142 valence electrons. The van der Waals surface area contributed by atoms with Crippen LogP contribution in [-0.4, -0.2) is 29.9 Å². The Bertz CT molecular complexity index is 550. The zero-order chi connectivity index (χ0) is 18.0. The Kier molecular flexibility index (Phi) is 4.19. The van der Waals surface area contributed by atoms with Crippen molar-refractivity contribution in [1.29, 1.82) is 0 Å². The second-order valence-corrected chi connectivity index (χ2v) is 8.87. The number of carbonyl (C=O) groups is 1. The molecule has 5 aliphatic rings. The van der Waals surface area contributed by atoms with Crippen LogP contribution in [0.1, 0.15) is 60.3 Å². The van der Waals surface area contributed by atoms with Gasteiger partial charge in [0.15, 0.2) is 11.9 Å². The van der Waals surface area contributed by atoms with Crippen molar-refractivity contribution in [3.63, 3.8) is 0 Å². The van der Waals surface area contributed by atoms with E-state index in [1.165, 1.54) is 0 Å². The Hall–Kier alpha value is -0.690. The summed E-state index contributed by atoms with van der Waals surface area (Å²) in [6.07, 6.45) is 2.75. The average molecular weight is 354 g/mol. The van der Waals surface area contributed by atoms with Crippen molar-refractivity contribution < 1.29 is 28.8 Å². The standard InChI is InChI=1S/C19H30O6/c1-10(2)15(20)21-16-12(4)14-7-6-11(3)13-8-9-18(5)23-17(22-16)19(13,14)25-24-18/h10-14,16-17H,6-9H2,1-5H3/t11-,12-,13+,14?,16?,17?,18+,19-/m1/s1. The molecule has 6 heteroatoms. The summed E-state index contributed by atoms with van der Waals surface area (Å²) in [4.78, 5) is 24.0. The average Bonchev–Trinajstić information content (AvgIpc) is 2.78. The smallest absolute Gasteiger partial charge is 0.310 e. The maximum absolute atomic E-state index is 12.1. The molecule has 8 atom stereocenters. The first kappa shape index (κ1) is 17.7. The lowest BCUT2D eigenvalue weighted by Crippen LogP contribution is -2.70. The molecule has 3 unspecified atom stereocenters. The van der Waals surface area contributed by atoms with Crippen LogP contribution < -0.4 is 0 Å². The summed E-state index contributed by atoms with van der Waals surface area (Å²) in [6, 6.07) is 0. The Morgan fingerprint density at radius 1 is 1.12 bits per heavy atom. The van der Waals surface area contributed by atoms with Crippen molar-refractivity contribution in [2.45, 2.75) is 84.3 Å². The molecule has 0 amide bonds. The molecule has 4 saturated heterocycles. The highest BCUT2D eigenvalue weighted by molar-refractivity contribution is 5.71. The van der Waals surface area contributed by atoms with Crippen LogP contribution >= 0.6 is 0 Å². The molecule has 1 saturated carbocycles. The van der Waals surface area contributed by atoms with Crippen LogP contribution in [-0.2, 0) is 28.8 Å². The van der Waals surface area contributed by atoms with Crippen LogP contribution in [0.25, 0.3) is 0 Å². The first-order chi connectivity index (χ1) is 11.8. The third-order valence-electron chi connectivity index (χ3n) is 6.80. The van der Waals surface area contributed by atoms with Crippen molar-refractivity contribution in [2.75, 3.05) is 0 Å². The quantitative estimate of drug-likeness (QED) is 0.559. The Labute approximate surface area is 149 Å². The summed E-state index contributed by atoms with van der Waals surface area (Å²) in [6.45, 7) is 9.93. The Morgan fingerprint density at radius 2 is 1.88 bits per heavy atom. The van der Waals surface area contributed by atoms with E-state index in [9.17, 15) is 4.79 Å². The second-order valence-electron chi connectivity index (χ2n) is 8.87. The molecule has 0 aromatic heterocycles. The Balaban J connectivity index is 1.68. The van der Waals surface area contributed by atoms with Gasteiger partial charge in [-0.1, -0.05) is 27.7 Å². The molecule has 2 bridgehead atoms. The highest BCUT2D eigenvalue weighted by Gasteiger charge is 2.69. The number of hydrogen-bond donors (Lipinski definition) is 0. The van der Waals surface area contributed by atoms with E-state index in [1.807, 2.05) is 20.8 Å². The molecular formula is C19H30O6. The summed E-state index contributed by atoms with van der Waals surface area (Å²) >= 11 is 0. The number of esters is 1. The minimum absolute atomic E-state index is 0.0311. The lowest BCUT2D eigenvalue weighted by molar-refractivity contribution is -0.576. The summed E-state index contributed by atoms with van der Waals surface area (Å²) in [5, 5.41) is 0. The van der Waals surface area contributed by atoms with E-state index >= 15 is 0 Å². The summed E-state index contributed by atoms with van der Waals surface area (Å²) in [5.74, 6) is -0.166. The van der Waals surface area contributed by atoms with E-state index in [4.69, 9.17) is 24.0 Å². The molecule has 0 aromatic carbocycles. The van der Waals surface area contributed by atoms with Crippen LogP contribution in [0, 0.1) is 29.6 Å². The SMILES string of the molecule is CC(C)C(=O)OC1OC2O[C@]3(C)CC[C@H]4[C@H](C)CCC([C@H]1C)[C@@]24OO3. The Morgan fingerprint density at radius 3 is 2.60 bits per heavy atom. The van der Waals surface area contributed by atoms with Gasteiger partial charge in [-0.2, -0.15) is 0 Å². The second kappa shape index (κ2) is 5.91. The molecule has 4 heterocycles. The van der Waals surface area contributed by atoms with E-state index in [1.54, 1.807) is 0 Å². The van der Waals surface area contributed by atoms with Gasteiger partial charge in [-0.05, 0) is 38.0 Å². The lowest BCUT2D eigenvalue weighted by Gasteiger charge is -2.59. The zero-order valence-corrected chi connectivity index (χ0v) is 15.8. The van der Waals surface area contributed by atoms with Crippen molar-refractivity contribution in [1.82, 2.24) is 0 Å². The van der Waals surface area contributed by atoms with Gasteiger partial charge in [-0.15, -0.1) is 0 Å². The number of fused-ring (bicyclic) bond motifs is 2. The summed E-state index contributed by atoms with van der Waals surface area (Å²) < 4.78 is 18.1. The van der Waals surface area contributed by atoms with E-state index in [0.717, 1.165) is 25.7 Å². The van der Waals surface area contributed by atoms with Gasteiger partial charge in [0.25, 0.3) is 0 Å². The van der Waals surface area contributed by atoms with Gasteiger partial charge < -0.3 is 14.2 Å². The van der Waals surface area contributed by atoms with Gasteiger partial charge in [0.2, 0.25) is 12.1 Å². The van der Waals surface area contributed by atoms with Crippen LogP contribution in [0.5, 0.6) is 0 Å². The van der Waals surface area contributed by atoms with Crippen molar-refractivity contribution in [3.05, 3.63) is 0 Å². The third kappa shape index (κ3) is 2.56. The van der Waals surface area contributed by atoms with Gasteiger partial charge in [-0.25, -0.2) is 9.78 Å². The van der Waals surface area contributed by atoms with Gasteiger partial charge in [0, 0.05) is 18.3 Å². The highest BCUT2D eigenvalue weighted by atomic mass is 17.3. The van der Waals surface area contributed by atoms with E-state index < -0.39 is 24.0 Å². The van der Waals surface area contributed by atoms with Crippen LogP contribution in [0.2, 0.25) is 0 Å². The van der Waals surface area contributed by atoms with Crippen molar-refractivity contribution >= 4 is 5.97 Å². The summed E-state index contributed by atoms with van der Waals surface area (Å²) in [5.41, 5.74) is -0.603. The first-order valence-electron chi connectivity index (χ1n) is 9.67. The largest absolute Gasteiger partial charge is 0.435 e. The first-order valence-corrected chi connectivity index (χ1v) is 9.67. The molecule has 5 fully saturated rings. The van der Waals surface area contributed by atoms with Crippen LogP contribution in [0.4, 0.5) is 0 Å². The number of ether oxygens (including phenoxy) is 3. The molecule has 6 nitrogen and oxygen atoms in total. The molecular weight excluding hydrogens is 324 g/mol. The summed E-state index contributed by atoms with van der Waals surface area (Å²) in [7, 11) is 0. The molecule has 0 N–H and O–H groups in total. The highest BCUT2D eigenvalue weighted by Crippen LogP contribution is 2.60. The monoisotopic (exact) mass is 354 g/mol. The van der Waals surface area contributed by atoms with Crippen molar-refractivity contribution in [2.24, 2.45) is 29.6 Å². The lowest BCUT2D eigenvalue weighted by atomic mass is 9.58. The van der Waals surface area contributed by atoms with Gasteiger partial charge in [-0.3, -0.25) is 4.79 Å². The normalized spacial score (nSPS) is 51.8. The van der Waals surface area contributed by atoms with Crippen molar-refractivity contribution in [3.8, 4) is 0 Å². The number of carbonyl (C=O) groups excluding carboxylic acids is 1. The van der Waals surface area contributed by atoms with E-state index in [0.29, 0.717) is 11.8 Å². The van der Waals surface area contributed by atoms with Gasteiger partial charge in [0.05, 0.1) is 5.92 Å². The fourth-order valence-corrected chi connectivity index (χ4v) is 5.26. The van der Waals surface area contributed by atoms with E-state index in [-0.39, 0.29) is 23.7 Å². The third-order valence-corrected chi connectivity index (χ3v) is 6.80. The predicted molar refractivity (Wildman–Crippen MR) is 87.8 cm³/mol. The topological polar surface area (TPSA) is 63.2 Å². The number of rotatable bonds is 2. The fourth-order valence-electron chi connectivity index (χ4n) is 5.26. The molecule has 4 aliphatic heterocycles. The fraction of sp³-hybridized carbons (Fsp3) is 0.947. The van der Waals surface area contributed by atoms with Gasteiger partial charge >= 0.3 is 5.97 Å². The van der Waals surface area contributed by atoms with E-state index in [2.05, 4.69) is 13.8 Å². The molecule has 25 heavy (non-hydrogen) atoms. The van der Waals surface area contributed by atoms with Crippen LogP contribution in [0.15, 0.2) is 0 Å². The number of hydrogen-bond acceptors (Lipinski definition) is 6. The molecule has 0 aromatic rings. The molecule has 5 rings (SSSR count). The molecule has 1 aliphatic carbocycles. The van der Waals surface area contributed by atoms with Crippen LogP contribution in [0.3, 0.4) is 0 Å². The van der Waals surface area contributed by atoms with Gasteiger partial charge in [0.1, 0.15) is 0 Å². The molecule has 0 radical (unpaired) electrons. The zero-order valence-electron chi connectivity index (χ0n) is 15.8. The molecule has 1 spiro atoms. The maximum Gasteiger partial charge on any atom is 0.310 e. The predicted octanol–water partition coefficient (Wildman–Crippen LogP) is 3.39. The minimum atomic E-state index is -0.801.